The van der Waals surface area contributed by atoms with E-state index in [1.165, 1.54) is 25.2 Å². The molecule has 0 radical (unpaired) electrons. The molecule has 3 nitrogen and oxygen atoms in total. The van der Waals surface area contributed by atoms with Crippen LogP contribution in [-0.2, 0) is 9.59 Å². The second kappa shape index (κ2) is 7.13. The summed E-state index contributed by atoms with van der Waals surface area (Å²) in [4.78, 5) is 33.1. The number of benzene rings is 2. The number of hydrogen-bond donors (Lipinski definition) is 0. The Balaban J connectivity index is 1.31. The van der Waals surface area contributed by atoms with Crippen LogP contribution in [0.15, 0.2) is 75.9 Å². The maximum absolute atomic E-state index is 13.8. The van der Waals surface area contributed by atoms with E-state index in [-0.39, 0.29) is 35.5 Å². The van der Waals surface area contributed by atoms with Gasteiger partial charge in [-0.05, 0) is 59.3 Å². The van der Waals surface area contributed by atoms with E-state index in [2.05, 4.69) is 36.9 Å². The molecule has 1 saturated heterocycles. The highest BCUT2D eigenvalue weighted by atomic mass is 32.2. The van der Waals surface area contributed by atoms with Crippen LogP contribution in [0.3, 0.4) is 0 Å². The number of carbonyl (C=O) groups is 2. The van der Waals surface area contributed by atoms with Crippen molar-refractivity contribution in [1.29, 1.82) is 0 Å². The number of rotatable bonds is 2. The average molecular weight is 472 g/mol. The zero-order valence-corrected chi connectivity index (χ0v) is 20.1. The summed E-state index contributed by atoms with van der Waals surface area (Å²) < 4.78 is 0. The first-order valence-electron chi connectivity index (χ1n) is 11.8. The molecule has 3 heterocycles. The van der Waals surface area contributed by atoms with E-state index in [1.54, 1.807) is 0 Å². The van der Waals surface area contributed by atoms with Crippen LogP contribution in [0.4, 0.5) is 5.69 Å². The third-order valence-electron chi connectivity index (χ3n) is 8.41. The Morgan fingerprint density at radius 1 is 0.970 bits per heavy atom. The van der Waals surface area contributed by atoms with Crippen molar-refractivity contribution in [3.63, 3.8) is 0 Å². The number of carbonyl (C=O) groups excluding carboxylic acids is 2. The van der Waals surface area contributed by atoms with Gasteiger partial charge in [-0.15, -0.1) is 11.8 Å². The molecule has 2 bridgehead atoms. The molecule has 7 rings (SSSR count). The van der Waals surface area contributed by atoms with Gasteiger partial charge >= 0.3 is 0 Å². The highest BCUT2D eigenvalue weighted by molar-refractivity contribution is 8.10. The SMILES string of the molecule is C=C1CC2=C(S1)C(c1ccccc1)C1C3CC(C1S2)C1C(=O)N(c2cccc(C)c2)C(=O)C31. The quantitative estimate of drug-likeness (QED) is 0.494. The highest BCUT2D eigenvalue weighted by Gasteiger charge is 2.69. The minimum Gasteiger partial charge on any atom is -0.274 e. The monoisotopic (exact) mass is 471 g/mol. The molecule has 3 aliphatic heterocycles. The maximum atomic E-state index is 13.8. The van der Waals surface area contributed by atoms with Crippen LogP contribution in [0.25, 0.3) is 0 Å². The zero-order chi connectivity index (χ0) is 22.4. The van der Waals surface area contributed by atoms with E-state index in [1.807, 2.05) is 54.7 Å². The van der Waals surface area contributed by atoms with Gasteiger partial charge in [-0.1, -0.05) is 60.8 Å². The van der Waals surface area contributed by atoms with Crippen LogP contribution in [0, 0.1) is 36.5 Å². The summed E-state index contributed by atoms with van der Waals surface area (Å²) in [6.07, 6.45) is 1.96. The lowest BCUT2D eigenvalue weighted by Gasteiger charge is -2.44. The predicted molar refractivity (Wildman–Crippen MR) is 135 cm³/mol. The number of thioether (sulfide) groups is 2. The van der Waals surface area contributed by atoms with E-state index >= 15 is 0 Å². The number of allylic oxidation sites excluding steroid dienone is 3. The molecule has 2 aliphatic carbocycles. The molecule has 166 valence electrons. The van der Waals surface area contributed by atoms with Crippen molar-refractivity contribution in [3.05, 3.63) is 87.0 Å². The lowest BCUT2D eigenvalue weighted by atomic mass is 9.68. The number of fused-ring (bicyclic) bond motifs is 8. The fourth-order valence-electron chi connectivity index (χ4n) is 7.33. The summed E-state index contributed by atoms with van der Waals surface area (Å²) in [5.74, 6) is 0.974. The van der Waals surface area contributed by atoms with Crippen molar-refractivity contribution < 1.29 is 9.59 Å². The smallest absolute Gasteiger partial charge is 0.238 e. The molecule has 0 spiro atoms. The highest BCUT2D eigenvalue weighted by Crippen LogP contribution is 2.71. The third-order valence-corrected chi connectivity index (χ3v) is 11.3. The van der Waals surface area contributed by atoms with Crippen molar-refractivity contribution >= 4 is 41.0 Å². The summed E-state index contributed by atoms with van der Waals surface area (Å²) in [5.41, 5.74) is 3.15. The van der Waals surface area contributed by atoms with Crippen molar-refractivity contribution in [2.24, 2.45) is 29.6 Å². The number of nitrogens with zero attached hydrogens (tertiary/aromatic N) is 1. The molecule has 2 aromatic carbocycles. The summed E-state index contributed by atoms with van der Waals surface area (Å²) >= 11 is 3.86. The summed E-state index contributed by atoms with van der Waals surface area (Å²) in [7, 11) is 0. The van der Waals surface area contributed by atoms with Gasteiger partial charge in [0.05, 0.1) is 17.5 Å². The second-order valence-corrected chi connectivity index (χ2v) is 12.6. The van der Waals surface area contributed by atoms with Gasteiger partial charge in [-0.3, -0.25) is 14.5 Å². The molecule has 2 aromatic rings. The number of anilines is 1. The molecule has 3 fully saturated rings. The largest absolute Gasteiger partial charge is 0.274 e. The Morgan fingerprint density at radius 2 is 1.73 bits per heavy atom. The molecular weight excluding hydrogens is 446 g/mol. The predicted octanol–water partition coefficient (Wildman–Crippen LogP) is 6.13. The minimum atomic E-state index is -0.173. The Hall–Kier alpha value is -2.24. The minimum absolute atomic E-state index is 0.0293. The molecule has 5 heteroatoms. The van der Waals surface area contributed by atoms with Crippen LogP contribution in [0.1, 0.15) is 29.9 Å². The molecule has 2 amide bonds. The Morgan fingerprint density at radius 3 is 2.48 bits per heavy atom. The molecule has 2 saturated carbocycles. The van der Waals surface area contributed by atoms with Gasteiger partial charge in [-0.2, -0.15) is 0 Å². The zero-order valence-electron chi connectivity index (χ0n) is 18.4. The first-order valence-corrected chi connectivity index (χ1v) is 13.5. The van der Waals surface area contributed by atoms with Crippen molar-refractivity contribution in [3.8, 4) is 0 Å². The van der Waals surface area contributed by atoms with Crippen molar-refractivity contribution in [2.75, 3.05) is 4.90 Å². The van der Waals surface area contributed by atoms with Gasteiger partial charge in [0.25, 0.3) is 0 Å². The van der Waals surface area contributed by atoms with E-state index in [9.17, 15) is 9.59 Å². The lowest BCUT2D eigenvalue weighted by molar-refractivity contribution is -0.123. The van der Waals surface area contributed by atoms with Gasteiger partial charge < -0.3 is 0 Å². The van der Waals surface area contributed by atoms with Gasteiger partial charge in [-0.25, -0.2) is 0 Å². The van der Waals surface area contributed by atoms with E-state index in [0.717, 1.165) is 24.1 Å². The molecule has 33 heavy (non-hydrogen) atoms. The standard InChI is InChI=1S/C28H25NO2S2/c1-14-7-6-10-17(11-14)29-27(30)23-18-13-19(24(23)28(29)31)25-22(18)21(16-8-4-3-5-9-16)26-20(33-25)12-15(2)32-26/h3-11,18-19,21-25H,2,12-13H2,1H3. The van der Waals surface area contributed by atoms with Crippen LogP contribution >= 0.6 is 23.5 Å². The fraction of sp³-hybridized carbons (Fsp3) is 0.357. The van der Waals surface area contributed by atoms with Crippen LogP contribution in [0.5, 0.6) is 0 Å². The van der Waals surface area contributed by atoms with Gasteiger partial charge in [0, 0.05) is 27.4 Å². The van der Waals surface area contributed by atoms with E-state index < -0.39 is 0 Å². The summed E-state index contributed by atoms with van der Waals surface area (Å²) in [5, 5.41) is 0.404. The average Bonchev–Trinajstić information content (AvgIpc) is 3.53. The van der Waals surface area contributed by atoms with Crippen LogP contribution in [-0.4, -0.2) is 17.1 Å². The number of hydrogen-bond acceptors (Lipinski definition) is 4. The number of aryl methyl sites for hydroxylation is 1. The van der Waals surface area contributed by atoms with Crippen LogP contribution in [0.2, 0.25) is 0 Å². The molecule has 0 N–H and O–H groups in total. The van der Waals surface area contributed by atoms with Crippen molar-refractivity contribution in [2.45, 2.75) is 30.9 Å². The van der Waals surface area contributed by atoms with Crippen LogP contribution < -0.4 is 4.90 Å². The fourth-order valence-corrected chi connectivity index (χ4v) is 10.6. The summed E-state index contributed by atoms with van der Waals surface area (Å²) in [6.45, 7) is 6.29. The number of imide groups is 1. The van der Waals surface area contributed by atoms with Gasteiger partial charge in [0.2, 0.25) is 11.8 Å². The first-order chi connectivity index (χ1) is 16.0. The lowest BCUT2D eigenvalue weighted by Crippen LogP contribution is -2.42. The first kappa shape index (κ1) is 20.2. The topological polar surface area (TPSA) is 37.4 Å². The Kier molecular flexibility index (Phi) is 4.36. The number of amides is 2. The van der Waals surface area contributed by atoms with Crippen molar-refractivity contribution in [1.82, 2.24) is 0 Å². The second-order valence-electron chi connectivity index (χ2n) is 10.1. The van der Waals surface area contributed by atoms with Gasteiger partial charge in [0.1, 0.15) is 0 Å². The molecule has 5 aliphatic rings. The molecule has 7 atom stereocenters. The van der Waals surface area contributed by atoms with E-state index in [4.69, 9.17) is 0 Å². The molecule has 0 aromatic heterocycles. The Labute approximate surface area is 202 Å². The van der Waals surface area contributed by atoms with Gasteiger partial charge in [0.15, 0.2) is 0 Å². The Bertz CT molecular complexity index is 1250. The maximum Gasteiger partial charge on any atom is 0.238 e. The molecular formula is C28H25NO2S2. The third kappa shape index (κ3) is 2.72. The normalized spacial score (nSPS) is 36.5. The molecule has 7 unspecified atom stereocenters. The van der Waals surface area contributed by atoms with E-state index in [0.29, 0.717) is 17.1 Å². The summed E-state index contributed by atoms with van der Waals surface area (Å²) in [6, 6.07) is 18.6.